The van der Waals surface area contributed by atoms with E-state index in [2.05, 4.69) is 0 Å². The van der Waals surface area contributed by atoms with Gasteiger partial charge in [0.1, 0.15) is 5.82 Å². The molecule has 7 nitrogen and oxygen atoms in total. The van der Waals surface area contributed by atoms with Crippen molar-refractivity contribution in [2.75, 3.05) is 40.0 Å². The SMILES string of the molecule is COCCN1C(=O)C[C@@](CC(=O)N(CC2CCC2)C[C@@H]2CCCO2)(c2ccccc2F)C1=O. The van der Waals surface area contributed by atoms with Crippen molar-refractivity contribution >= 4 is 17.7 Å². The quantitative estimate of drug-likeness (QED) is 0.502. The van der Waals surface area contributed by atoms with Gasteiger partial charge in [0.25, 0.3) is 0 Å². The van der Waals surface area contributed by atoms with Crippen LogP contribution >= 0.6 is 0 Å². The van der Waals surface area contributed by atoms with Crippen molar-refractivity contribution in [3.8, 4) is 0 Å². The average molecular weight is 461 g/mol. The topological polar surface area (TPSA) is 76.2 Å². The number of methoxy groups -OCH3 is 1. The van der Waals surface area contributed by atoms with Gasteiger partial charge >= 0.3 is 0 Å². The molecule has 0 radical (unpaired) electrons. The molecule has 0 aromatic heterocycles. The standard InChI is InChI=1S/C25H33FN2O5/c1-32-13-11-28-23(30)15-25(24(28)31,20-9-2-3-10-21(20)26)14-22(29)27(16-18-6-4-7-18)17-19-8-5-12-33-19/h2-3,9-10,18-19H,4-8,11-17H2,1H3/t19-,25-/m0/s1. The Balaban J connectivity index is 1.62. The molecule has 1 aromatic rings. The number of imide groups is 1. The van der Waals surface area contributed by atoms with E-state index in [0.29, 0.717) is 25.6 Å². The minimum atomic E-state index is -1.54. The third-order valence-corrected chi connectivity index (χ3v) is 7.27. The normalized spacial score (nSPS) is 25.5. The second-order valence-electron chi connectivity index (χ2n) is 9.49. The van der Waals surface area contributed by atoms with E-state index in [4.69, 9.17) is 9.47 Å². The minimum absolute atomic E-state index is 0.0162. The van der Waals surface area contributed by atoms with Crippen LogP contribution < -0.4 is 0 Å². The second-order valence-corrected chi connectivity index (χ2v) is 9.49. The molecule has 0 bridgehead atoms. The molecule has 4 rings (SSSR count). The third kappa shape index (κ3) is 4.96. The van der Waals surface area contributed by atoms with Crippen LogP contribution in [0.4, 0.5) is 4.39 Å². The van der Waals surface area contributed by atoms with E-state index in [1.165, 1.54) is 19.2 Å². The number of benzene rings is 1. The van der Waals surface area contributed by atoms with Crippen LogP contribution in [0.15, 0.2) is 24.3 Å². The van der Waals surface area contributed by atoms with Gasteiger partial charge < -0.3 is 14.4 Å². The summed E-state index contributed by atoms with van der Waals surface area (Å²) < 4.78 is 25.8. The van der Waals surface area contributed by atoms with Crippen molar-refractivity contribution in [1.82, 2.24) is 9.80 Å². The Morgan fingerprint density at radius 2 is 2.00 bits per heavy atom. The van der Waals surface area contributed by atoms with Crippen molar-refractivity contribution in [3.05, 3.63) is 35.6 Å². The molecule has 1 aliphatic carbocycles. The van der Waals surface area contributed by atoms with Gasteiger partial charge in [-0.1, -0.05) is 24.6 Å². The Kier molecular flexibility index (Phi) is 7.44. The number of nitrogens with zero attached hydrogens (tertiary/aromatic N) is 2. The zero-order valence-electron chi connectivity index (χ0n) is 19.3. The Bertz CT molecular complexity index is 883. The van der Waals surface area contributed by atoms with E-state index in [9.17, 15) is 18.8 Å². The van der Waals surface area contributed by atoms with Crippen molar-refractivity contribution in [2.45, 2.75) is 56.5 Å². The summed E-state index contributed by atoms with van der Waals surface area (Å²) in [5.74, 6) is -1.29. The van der Waals surface area contributed by atoms with Gasteiger partial charge in [0.05, 0.1) is 24.7 Å². The van der Waals surface area contributed by atoms with Crippen LogP contribution in [0.25, 0.3) is 0 Å². The number of hydrogen-bond acceptors (Lipinski definition) is 5. The monoisotopic (exact) mass is 460 g/mol. The Hall–Kier alpha value is -2.32. The van der Waals surface area contributed by atoms with Crippen LogP contribution in [0.3, 0.4) is 0 Å². The van der Waals surface area contributed by atoms with Crippen molar-refractivity contribution in [3.63, 3.8) is 0 Å². The summed E-state index contributed by atoms with van der Waals surface area (Å²) in [6, 6.07) is 5.97. The van der Waals surface area contributed by atoms with E-state index in [1.54, 1.807) is 17.0 Å². The molecule has 0 N–H and O–H groups in total. The number of ether oxygens (including phenoxy) is 2. The molecule has 3 aliphatic rings. The molecule has 2 heterocycles. The van der Waals surface area contributed by atoms with Crippen LogP contribution in [0.5, 0.6) is 0 Å². The summed E-state index contributed by atoms with van der Waals surface area (Å²) in [4.78, 5) is 43.0. The highest BCUT2D eigenvalue weighted by atomic mass is 19.1. The number of halogens is 1. The Morgan fingerprint density at radius 1 is 1.21 bits per heavy atom. The fourth-order valence-corrected chi connectivity index (χ4v) is 5.17. The molecular formula is C25H33FN2O5. The maximum absolute atomic E-state index is 15.0. The summed E-state index contributed by atoms with van der Waals surface area (Å²) in [7, 11) is 1.49. The summed E-state index contributed by atoms with van der Waals surface area (Å²) in [5, 5.41) is 0. The van der Waals surface area contributed by atoms with Gasteiger partial charge in [-0.2, -0.15) is 0 Å². The molecule has 2 aliphatic heterocycles. The van der Waals surface area contributed by atoms with Gasteiger partial charge in [-0.3, -0.25) is 19.3 Å². The number of likely N-dealkylation sites (tertiary alicyclic amines) is 1. The Morgan fingerprint density at radius 3 is 2.64 bits per heavy atom. The molecule has 2 atom stereocenters. The van der Waals surface area contributed by atoms with Gasteiger partial charge in [0, 0.05) is 45.2 Å². The number of hydrogen-bond donors (Lipinski definition) is 0. The van der Waals surface area contributed by atoms with Gasteiger partial charge in [-0.15, -0.1) is 0 Å². The van der Waals surface area contributed by atoms with E-state index < -0.39 is 23.0 Å². The molecule has 0 unspecified atom stereocenters. The van der Waals surface area contributed by atoms with Crippen LogP contribution in [-0.2, 0) is 29.3 Å². The summed E-state index contributed by atoms with van der Waals surface area (Å²) >= 11 is 0. The molecule has 3 fully saturated rings. The molecule has 180 valence electrons. The highest BCUT2D eigenvalue weighted by Crippen LogP contribution is 2.41. The predicted octanol–water partition coefficient (Wildman–Crippen LogP) is 2.67. The molecular weight excluding hydrogens is 427 g/mol. The molecule has 1 aromatic carbocycles. The lowest BCUT2D eigenvalue weighted by Gasteiger charge is -2.36. The van der Waals surface area contributed by atoms with E-state index in [-0.39, 0.29) is 43.6 Å². The van der Waals surface area contributed by atoms with E-state index in [0.717, 1.165) is 37.0 Å². The van der Waals surface area contributed by atoms with E-state index in [1.807, 2.05) is 0 Å². The van der Waals surface area contributed by atoms with Gasteiger partial charge in [0.15, 0.2) is 0 Å². The molecule has 0 spiro atoms. The largest absolute Gasteiger partial charge is 0.383 e. The molecule has 8 heteroatoms. The first-order valence-electron chi connectivity index (χ1n) is 11.9. The lowest BCUT2D eigenvalue weighted by atomic mass is 9.75. The first kappa shape index (κ1) is 23.8. The number of rotatable bonds is 10. The van der Waals surface area contributed by atoms with Gasteiger partial charge in [-0.25, -0.2) is 4.39 Å². The van der Waals surface area contributed by atoms with Crippen LogP contribution in [0.2, 0.25) is 0 Å². The summed E-state index contributed by atoms with van der Waals surface area (Å²) in [6.45, 7) is 2.04. The zero-order chi connectivity index (χ0) is 23.4. The van der Waals surface area contributed by atoms with E-state index >= 15 is 0 Å². The molecule has 1 saturated carbocycles. The van der Waals surface area contributed by atoms with Gasteiger partial charge in [-0.05, 0) is 37.7 Å². The number of carbonyl (C=O) groups excluding carboxylic acids is 3. The average Bonchev–Trinajstić information content (AvgIpc) is 3.35. The maximum Gasteiger partial charge on any atom is 0.241 e. The van der Waals surface area contributed by atoms with Crippen LogP contribution in [0.1, 0.15) is 50.5 Å². The molecule has 3 amide bonds. The predicted molar refractivity (Wildman–Crippen MR) is 119 cm³/mol. The highest BCUT2D eigenvalue weighted by molar-refractivity contribution is 6.10. The van der Waals surface area contributed by atoms with Crippen molar-refractivity contribution < 1.29 is 28.2 Å². The van der Waals surface area contributed by atoms with Crippen LogP contribution in [0, 0.1) is 11.7 Å². The fourth-order valence-electron chi connectivity index (χ4n) is 5.17. The van der Waals surface area contributed by atoms with Crippen molar-refractivity contribution in [2.24, 2.45) is 5.92 Å². The van der Waals surface area contributed by atoms with Crippen LogP contribution in [-0.4, -0.2) is 73.6 Å². The number of carbonyl (C=O) groups is 3. The zero-order valence-corrected chi connectivity index (χ0v) is 19.3. The summed E-state index contributed by atoms with van der Waals surface area (Å²) in [5.41, 5.74) is -1.43. The fraction of sp³-hybridized carbons (Fsp3) is 0.640. The third-order valence-electron chi connectivity index (χ3n) is 7.27. The highest BCUT2D eigenvalue weighted by Gasteiger charge is 2.55. The number of amides is 3. The molecule has 2 saturated heterocycles. The van der Waals surface area contributed by atoms with Crippen molar-refractivity contribution in [1.29, 1.82) is 0 Å². The minimum Gasteiger partial charge on any atom is -0.383 e. The molecule has 33 heavy (non-hydrogen) atoms. The Labute approximate surface area is 194 Å². The lowest BCUT2D eigenvalue weighted by Crippen LogP contribution is -2.47. The van der Waals surface area contributed by atoms with Gasteiger partial charge in [0.2, 0.25) is 17.7 Å². The summed E-state index contributed by atoms with van der Waals surface area (Å²) in [6.07, 6.45) is 4.71. The first-order chi connectivity index (χ1) is 15.9. The second kappa shape index (κ2) is 10.3. The smallest absolute Gasteiger partial charge is 0.241 e. The maximum atomic E-state index is 15.0. The lowest BCUT2D eigenvalue weighted by molar-refractivity contribution is -0.144. The first-order valence-corrected chi connectivity index (χ1v) is 11.9.